The van der Waals surface area contributed by atoms with Gasteiger partial charge in [-0.1, -0.05) is 0 Å². The molecule has 2 amide bonds. The first-order valence-electron chi connectivity index (χ1n) is 3.77. The number of aliphatic imine (C=N–C) groups is 1. The van der Waals surface area contributed by atoms with Gasteiger partial charge in [-0.15, -0.1) is 0 Å². The van der Waals surface area contributed by atoms with E-state index in [0.717, 1.165) is 0 Å². The molecule has 76 valence electrons. The molecule has 1 rings (SSSR count). The van der Waals surface area contributed by atoms with Crippen LogP contribution in [-0.2, 0) is 4.79 Å². The van der Waals surface area contributed by atoms with Gasteiger partial charge in [-0.05, 0) is 6.92 Å². The SMILES string of the molecule is CC1(C(=O)O)N=CC(NC(N)=O)=CN1. The first-order valence-corrected chi connectivity index (χ1v) is 3.77. The molecule has 1 heterocycles. The number of nitrogens with two attached hydrogens (primary N) is 1. The Morgan fingerprint density at radius 2 is 2.36 bits per heavy atom. The van der Waals surface area contributed by atoms with Crippen molar-refractivity contribution >= 4 is 18.2 Å². The van der Waals surface area contributed by atoms with Gasteiger partial charge in [-0.3, -0.25) is 4.99 Å². The van der Waals surface area contributed by atoms with Gasteiger partial charge < -0.3 is 21.5 Å². The van der Waals surface area contributed by atoms with Gasteiger partial charge in [0.2, 0.25) is 5.66 Å². The molecule has 0 aromatic heterocycles. The van der Waals surface area contributed by atoms with Crippen molar-refractivity contribution in [2.45, 2.75) is 12.6 Å². The molecular formula is C7H10N4O3. The van der Waals surface area contributed by atoms with Crippen LogP contribution >= 0.6 is 0 Å². The summed E-state index contributed by atoms with van der Waals surface area (Å²) in [5.41, 5.74) is 3.78. The van der Waals surface area contributed by atoms with Crippen LogP contribution in [-0.4, -0.2) is 29.0 Å². The van der Waals surface area contributed by atoms with Crippen LogP contribution < -0.4 is 16.4 Å². The van der Waals surface area contributed by atoms with Crippen molar-refractivity contribution in [2.75, 3.05) is 0 Å². The lowest BCUT2D eigenvalue weighted by Gasteiger charge is -2.24. The molecule has 1 atom stereocenters. The molecule has 0 saturated carbocycles. The molecule has 0 aromatic rings. The molecule has 5 N–H and O–H groups in total. The number of amides is 2. The number of hydrogen-bond acceptors (Lipinski definition) is 4. The number of carbonyl (C=O) groups is 2. The zero-order valence-corrected chi connectivity index (χ0v) is 7.44. The second-order valence-corrected chi connectivity index (χ2v) is 2.87. The minimum absolute atomic E-state index is 0.316. The van der Waals surface area contributed by atoms with E-state index in [1.165, 1.54) is 19.3 Å². The predicted molar refractivity (Wildman–Crippen MR) is 48.5 cm³/mol. The maximum absolute atomic E-state index is 10.7. The molecule has 7 nitrogen and oxygen atoms in total. The van der Waals surface area contributed by atoms with Gasteiger partial charge in [0, 0.05) is 12.4 Å². The smallest absolute Gasteiger partial charge is 0.352 e. The fourth-order valence-corrected chi connectivity index (χ4v) is 0.819. The molecule has 0 fully saturated rings. The third kappa shape index (κ3) is 2.00. The monoisotopic (exact) mass is 198 g/mol. The number of carboxylic acid groups (broad SMARTS) is 1. The molecule has 0 spiro atoms. The molecular weight excluding hydrogens is 188 g/mol. The van der Waals surface area contributed by atoms with Gasteiger partial charge in [0.1, 0.15) is 0 Å². The predicted octanol–water partition coefficient (Wildman–Crippen LogP) is -1.03. The van der Waals surface area contributed by atoms with Crippen molar-refractivity contribution in [3.05, 3.63) is 11.9 Å². The lowest BCUT2D eigenvalue weighted by atomic mass is 10.2. The second-order valence-electron chi connectivity index (χ2n) is 2.87. The summed E-state index contributed by atoms with van der Waals surface area (Å²) in [7, 11) is 0. The molecule has 0 radical (unpaired) electrons. The minimum Gasteiger partial charge on any atom is -0.478 e. The number of urea groups is 1. The number of nitrogens with one attached hydrogen (secondary N) is 2. The Kier molecular flexibility index (Phi) is 2.41. The summed E-state index contributed by atoms with van der Waals surface area (Å²) in [6.07, 6.45) is 2.56. The molecule has 0 bridgehead atoms. The minimum atomic E-state index is -1.39. The Hall–Kier alpha value is -2.05. The van der Waals surface area contributed by atoms with Crippen LogP contribution in [0.2, 0.25) is 0 Å². The van der Waals surface area contributed by atoms with Gasteiger partial charge in [0.15, 0.2) is 0 Å². The normalized spacial score (nSPS) is 24.8. The Morgan fingerprint density at radius 3 is 2.71 bits per heavy atom. The standard InChI is InChI=1S/C7H10N4O3/c1-7(5(12)13)9-2-4(3-10-7)11-6(8)14/h2-3,9H,1H3,(H,12,13)(H3,8,11,14). The lowest BCUT2D eigenvalue weighted by molar-refractivity contribution is -0.143. The van der Waals surface area contributed by atoms with Crippen molar-refractivity contribution in [1.82, 2.24) is 10.6 Å². The molecule has 1 aliphatic heterocycles. The number of aliphatic carboxylic acids is 1. The highest BCUT2D eigenvalue weighted by molar-refractivity contribution is 5.90. The van der Waals surface area contributed by atoms with E-state index in [1.807, 2.05) is 0 Å². The Bertz CT molecular complexity index is 336. The fourth-order valence-electron chi connectivity index (χ4n) is 0.819. The third-order valence-corrected chi connectivity index (χ3v) is 1.65. The first kappa shape index (κ1) is 10.0. The number of allylic oxidation sites excluding steroid dienone is 1. The maximum Gasteiger partial charge on any atom is 0.352 e. The summed E-state index contributed by atoms with van der Waals surface area (Å²) in [6.45, 7) is 1.39. The van der Waals surface area contributed by atoms with Crippen LogP contribution in [0.3, 0.4) is 0 Å². The molecule has 1 unspecified atom stereocenters. The molecule has 0 saturated heterocycles. The highest BCUT2D eigenvalue weighted by atomic mass is 16.4. The van der Waals surface area contributed by atoms with E-state index >= 15 is 0 Å². The van der Waals surface area contributed by atoms with Crippen LogP contribution in [0, 0.1) is 0 Å². The fraction of sp³-hybridized carbons (Fsp3) is 0.286. The van der Waals surface area contributed by atoms with Crippen LogP contribution in [0.25, 0.3) is 0 Å². The van der Waals surface area contributed by atoms with E-state index in [1.54, 1.807) is 0 Å². The summed E-state index contributed by atoms with van der Waals surface area (Å²) in [5.74, 6) is -1.11. The van der Waals surface area contributed by atoms with Gasteiger partial charge in [-0.25, -0.2) is 9.59 Å². The van der Waals surface area contributed by atoms with Crippen molar-refractivity contribution in [3.8, 4) is 0 Å². The number of primary amides is 1. The van der Waals surface area contributed by atoms with Crippen LogP contribution in [0.1, 0.15) is 6.92 Å². The Morgan fingerprint density at radius 1 is 1.71 bits per heavy atom. The van der Waals surface area contributed by atoms with E-state index in [9.17, 15) is 9.59 Å². The van der Waals surface area contributed by atoms with E-state index in [-0.39, 0.29) is 0 Å². The van der Waals surface area contributed by atoms with Gasteiger partial charge in [0.25, 0.3) is 0 Å². The number of carbonyl (C=O) groups excluding carboxylic acids is 1. The van der Waals surface area contributed by atoms with Crippen molar-refractivity contribution < 1.29 is 14.7 Å². The van der Waals surface area contributed by atoms with Crippen LogP contribution in [0.15, 0.2) is 16.9 Å². The number of hydrogen-bond donors (Lipinski definition) is 4. The first-order chi connectivity index (χ1) is 6.44. The summed E-state index contributed by atoms with van der Waals surface area (Å²) < 4.78 is 0. The molecule has 14 heavy (non-hydrogen) atoms. The van der Waals surface area contributed by atoms with E-state index in [2.05, 4.69) is 15.6 Å². The van der Waals surface area contributed by atoms with E-state index < -0.39 is 17.7 Å². The second kappa shape index (κ2) is 3.36. The number of rotatable bonds is 2. The van der Waals surface area contributed by atoms with E-state index in [4.69, 9.17) is 10.8 Å². The van der Waals surface area contributed by atoms with Gasteiger partial charge >= 0.3 is 12.0 Å². The van der Waals surface area contributed by atoms with Crippen molar-refractivity contribution in [2.24, 2.45) is 10.7 Å². The highest BCUT2D eigenvalue weighted by Crippen LogP contribution is 2.09. The van der Waals surface area contributed by atoms with Gasteiger partial charge in [-0.2, -0.15) is 0 Å². The molecule has 0 aliphatic carbocycles. The summed E-state index contributed by atoms with van der Waals surface area (Å²) in [5, 5.41) is 13.5. The molecule has 1 aliphatic rings. The summed E-state index contributed by atoms with van der Waals surface area (Å²) >= 11 is 0. The zero-order valence-electron chi connectivity index (χ0n) is 7.44. The van der Waals surface area contributed by atoms with Crippen LogP contribution in [0.5, 0.6) is 0 Å². The van der Waals surface area contributed by atoms with E-state index in [0.29, 0.717) is 5.70 Å². The zero-order chi connectivity index (χ0) is 10.8. The maximum atomic E-state index is 10.7. The number of carboxylic acids is 1. The summed E-state index contributed by atoms with van der Waals surface area (Å²) in [6, 6.07) is -0.733. The van der Waals surface area contributed by atoms with Crippen molar-refractivity contribution in [3.63, 3.8) is 0 Å². The Labute approximate surface area is 79.7 Å². The average molecular weight is 198 g/mol. The third-order valence-electron chi connectivity index (χ3n) is 1.65. The van der Waals surface area contributed by atoms with Gasteiger partial charge in [0.05, 0.1) is 5.70 Å². The molecule has 7 heteroatoms. The largest absolute Gasteiger partial charge is 0.478 e. The number of nitrogens with zero attached hydrogens (tertiary/aromatic N) is 1. The topological polar surface area (TPSA) is 117 Å². The summed E-state index contributed by atoms with van der Waals surface area (Å²) in [4.78, 5) is 24.8. The van der Waals surface area contributed by atoms with Crippen LogP contribution in [0.4, 0.5) is 4.79 Å². The Balaban J connectivity index is 2.70. The average Bonchev–Trinajstić information content (AvgIpc) is 2.08. The quantitative estimate of drug-likeness (QED) is 0.454. The highest BCUT2D eigenvalue weighted by Gasteiger charge is 2.32. The molecule has 0 aromatic carbocycles. The van der Waals surface area contributed by atoms with Crippen molar-refractivity contribution in [1.29, 1.82) is 0 Å². The lowest BCUT2D eigenvalue weighted by Crippen LogP contribution is -2.48.